The van der Waals surface area contributed by atoms with E-state index in [0.717, 1.165) is 5.75 Å². The number of anilines is 1. The Balaban J connectivity index is 0.000000138. The largest absolute Gasteiger partial charge is 0.489 e. The van der Waals surface area contributed by atoms with Crippen LogP contribution in [0.1, 0.15) is 5.56 Å². The van der Waals surface area contributed by atoms with Gasteiger partial charge in [-0.1, -0.05) is 24.3 Å². The first-order valence-corrected chi connectivity index (χ1v) is 4.89. The zero-order chi connectivity index (χ0) is 11.2. The molecule has 0 aliphatic carbocycles. The lowest BCUT2D eigenvalue weighted by atomic mass is 10.1. The van der Waals surface area contributed by atoms with Crippen LogP contribution in [0.25, 0.3) is 6.08 Å². The number of nitrogens with zero attached hydrogens (tertiary/aromatic N) is 1. The van der Waals surface area contributed by atoms with Gasteiger partial charge in [-0.25, -0.2) is 4.98 Å². The lowest BCUT2D eigenvalue weighted by molar-refractivity contribution is 0.358. The highest BCUT2D eigenvalue weighted by Gasteiger charge is 2.01. The standard InChI is InChI=1S/C9H8O.C3H4N2O/c1-2-6-9-8(4-1)5-3-7-10-9;4-3-5-1-2-6-3/h1-6H,7H2;1-2H,(H2,4,5). The molecule has 0 atom stereocenters. The van der Waals surface area contributed by atoms with Crippen molar-refractivity contribution in [2.24, 2.45) is 0 Å². The van der Waals surface area contributed by atoms with Crippen LogP contribution >= 0.6 is 0 Å². The van der Waals surface area contributed by atoms with Crippen molar-refractivity contribution in [3.63, 3.8) is 0 Å². The minimum atomic E-state index is 0.218. The van der Waals surface area contributed by atoms with Gasteiger partial charge < -0.3 is 14.9 Å². The maximum absolute atomic E-state index is 5.34. The summed E-state index contributed by atoms with van der Waals surface area (Å²) in [7, 11) is 0. The van der Waals surface area contributed by atoms with Gasteiger partial charge in [0.1, 0.15) is 18.6 Å². The van der Waals surface area contributed by atoms with Crippen LogP contribution in [-0.2, 0) is 0 Å². The number of para-hydroxylation sites is 1. The van der Waals surface area contributed by atoms with E-state index in [9.17, 15) is 0 Å². The van der Waals surface area contributed by atoms with Crippen molar-refractivity contribution in [1.29, 1.82) is 0 Å². The third kappa shape index (κ3) is 2.63. The molecule has 4 heteroatoms. The molecule has 0 amide bonds. The van der Waals surface area contributed by atoms with Gasteiger partial charge in [0.15, 0.2) is 0 Å². The summed E-state index contributed by atoms with van der Waals surface area (Å²) >= 11 is 0. The maximum atomic E-state index is 5.34. The predicted molar refractivity (Wildman–Crippen MR) is 61.9 cm³/mol. The Morgan fingerprint density at radius 1 is 1.25 bits per heavy atom. The number of fused-ring (bicyclic) bond motifs is 1. The summed E-state index contributed by atoms with van der Waals surface area (Å²) in [5, 5.41) is 0. The summed E-state index contributed by atoms with van der Waals surface area (Å²) in [5.74, 6) is 0.991. The van der Waals surface area contributed by atoms with E-state index < -0.39 is 0 Å². The second kappa shape index (κ2) is 5.02. The minimum Gasteiger partial charge on any atom is -0.489 e. The van der Waals surface area contributed by atoms with Gasteiger partial charge in [0.2, 0.25) is 0 Å². The zero-order valence-corrected chi connectivity index (χ0v) is 8.67. The van der Waals surface area contributed by atoms with Crippen molar-refractivity contribution in [1.82, 2.24) is 4.98 Å². The molecule has 1 aliphatic rings. The van der Waals surface area contributed by atoms with Crippen LogP contribution in [0.4, 0.5) is 6.01 Å². The van der Waals surface area contributed by atoms with Crippen LogP contribution in [0, 0.1) is 0 Å². The molecule has 0 spiro atoms. The number of hydrogen-bond donors (Lipinski definition) is 1. The van der Waals surface area contributed by atoms with Gasteiger partial charge in [-0.15, -0.1) is 0 Å². The van der Waals surface area contributed by atoms with E-state index in [1.54, 1.807) is 0 Å². The number of oxazole rings is 1. The third-order valence-electron chi connectivity index (χ3n) is 2.00. The third-order valence-corrected chi connectivity index (χ3v) is 2.00. The van der Waals surface area contributed by atoms with E-state index in [1.807, 2.05) is 30.3 Å². The molecule has 16 heavy (non-hydrogen) atoms. The van der Waals surface area contributed by atoms with E-state index >= 15 is 0 Å². The zero-order valence-electron chi connectivity index (χ0n) is 8.67. The molecule has 0 unspecified atom stereocenters. The molecule has 1 aliphatic heterocycles. The second-order valence-electron chi connectivity index (χ2n) is 3.12. The van der Waals surface area contributed by atoms with E-state index in [0.29, 0.717) is 6.61 Å². The number of aromatic nitrogens is 1. The molecule has 2 aromatic rings. The second-order valence-corrected chi connectivity index (χ2v) is 3.12. The first-order valence-electron chi connectivity index (χ1n) is 4.89. The number of benzene rings is 1. The fourth-order valence-electron chi connectivity index (χ4n) is 1.30. The fraction of sp³-hybridized carbons (Fsp3) is 0.0833. The van der Waals surface area contributed by atoms with Gasteiger partial charge in [-0.05, 0) is 12.1 Å². The number of nitrogen functional groups attached to an aromatic ring is 1. The summed E-state index contributed by atoms with van der Waals surface area (Å²) in [4.78, 5) is 3.53. The lowest BCUT2D eigenvalue weighted by Crippen LogP contribution is -1.98. The molecule has 3 rings (SSSR count). The van der Waals surface area contributed by atoms with Crippen molar-refractivity contribution in [2.75, 3.05) is 12.3 Å². The van der Waals surface area contributed by atoms with Crippen molar-refractivity contribution in [3.05, 3.63) is 48.4 Å². The minimum absolute atomic E-state index is 0.218. The molecule has 2 heterocycles. The van der Waals surface area contributed by atoms with Crippen LogP contribution in [0.3, 0.4) is 0 Å². The van der Waals surface area contributed by atoms with Crippen LogP contribution in [-0.4, -0.2) is 11.6 Å². The quantitative estimate of drug-likeness (QED) is 0.734. The average molecular weight is 216 g/mol. The number of rotatable bonds is 0. The SMILES string of the molecule is C1=Cc2ccccc2OC1.Nc1ncco1. The van der Waals surface area contributed by atoms with Crippen molar-refractivity contribution in [2.45, 2.75) is 0 Å². The summed E-state index contributed by atoms with van der Waals surface area (Å²) in [6.07, 6.45) is 7.02. The summed E-state index contributed by atoms with van der Waals surface area (Å²) in [6.45, 7) is 0.705. The Bertz CT molecular complexity index is 464. The molecule has 0 saturated heterocycles. The molecule has 0 bridgehead atoms. The van der Waals surface area contributed by atoms with Gasteiger partial charge in [0, 0.05) is 5.56 Å². The van der Waals surface area contributed by atoms with E-state index in [-0.39, 0.29) is 6.01 Å². The highest BCUT2D eigenvalue weighted by atomic mass is 16.5. The summed E-state index contributed by atoms with van der Waals surface area (Å²) < 4.78 is 9.84. The molecule has 0 saturated carbocycles. The molecule has 2 N–H and O–H groups in total. The average Bonchev–Trinajstić information content (AvgIpc) is 2.81. The first-order chi connectivity index (χ1) is 7.86. The Labute approximate surface area is 93.4 Å². The predicted octanol–water partition coefficient (Wildman–Crippen LogP) is 2.35. The highest BCUT2D eigenvalue weighted by Crippen LogP contribution is 2.21. The summed E-state index contributed by atoms with van der Waals surface area (Å²) in [6, 6.07) is 8.25. The molecule has 1 aromatic heterocycles. The Morgan fingerprint density at radius 2 is 2.12 bits per heavy atom. The summed E-state index contributed by atoms with van der Waals surface area (Å²) in [5.41, 5.74) is 6.17. The molecule has 4 nitrogen and oxygen atoms in total. The highest BCUT2D eigenvalue weighted by molar-refractivity contribution is 5.58. The lowest BCUT2D eigenvalue weighted by Gasteiger charge is -2.10. The first kappa shape index (κ1) is 10.3. The normalized spacial score (nSPS) is 12.0. The fourth-order valence-corrected chi connectivity index (χ4v) is 1.30. The van der Waals surface area contributed by atoms with Gasteiger partial charge in [-0.2, -0.15) is 0 Å². The number of hydrogen-bond acceptors (Lipinski definition) is 4. The smallest absolute Gasteiger partial charge is 0.291 e. The van der Waals surface area contributed by atoms with Crippen molar-refractivity contribution in [3.8, 4) is 5.75 Å². The molecule has 0 radical (unpaired) electrons. The maximum Gasteiger partial charge on any atom is 0.291 e. The topological polar surface area (TPSA) is 61.3 Å². The Kier molecular flexibility index (Phi) is 3.23. The Hall–Kier alpha value is -2.23. The van der Waals surface area contributed by atoms with Gasteiger partial charge in [0.05, 0.1) is 6.20 Å². The van der Waals surface area contributed by atoms with Crippen LogP contribution in [0.2, 0.25) is 0 Å². The van der Waals surface area contributed by atoms with E-state index in [1.165, 1.54) is 18.0 Å². The molecular weight excluding hydrogens is 204 g/mol. The van der Waals surface area contributed by atoms with Gasteiger partial charge in [0.25, 0.3) is 6.01 Å². The van der Waals surface area contributed by atoms with Crippen LogP contribution < -0.4 is 10.5 Å². The monoisotopic (exact) mass is 216 g/mol. The van der Waals surface area contributed by atoms with E-state index in [4.69, 9.17) is 10.5 Å². The molecule has 0 fully saturated rings. The Morgan fingerprint density at radius 3 is 2.75 bits per heavy atom. The van der Waals surface area contributed by atoms with Gasteiger partial charge >= 0.3 is 0 Å². The molecule has 1 aromatic carbocycles. The molecule has 82 valence electrons. The van der Waals surface area contributed by atoms with Crippen LogP contribution in [0.15, 0.2) is 47.2 Å². The van der Waals surface area contributed by atoms with Gasteiger partial charge in [-0.3, -0.25) is 0 Å². The van der Waals surface area contributed by atoms with Crippen molar-refractivity contribution < 1.29 is 9.15 Å². The van der Waals surface area contributed by atoms with Crippen molar-refractivity contribution >= 4 is 12.1 Å². The van der Waals surface area contributed by atoms with Crippen LogP contribution in [0.5, 0.6) is 5.75 Å². The number of nitrogens with two attached hydrogens (primary N) is 1. The molecular formula is C12H12N2O2. The number of ether oxygens (including phenoxy) is 1. The van der Waals surface area contributed by atoms with E-state index in [2.05, 4.69) is 15.5 Å².